The predicted octanol–water partition coefficient (Wildman–Crippen LogP) is 2.59. The molecular weight excluding hydrogens is 330 g/mol. The first-order valence-electron chi connectivity index (χ1n) is 7.61. The third-order valence-electron chi connectivity index (χ3n) is 4.88. The minimum atomic E-state index is 0.0699. The number of hydrogen-bond donors (Lipinski definition) is 1. The molecule has 2 aliphatic heterocycles. The second kappa shape index (κ2) is 5.97. The Morgan fingerprint density at radius 3 is 2.95 bits per heavy atom. The first-order chi connectivity index (χ1) is 10.1. The zero-order chi connectivity index (χ0) is 15.0. The molecule has 0 spiro atoms. The van der Waals surface area contributed by atoms with Gasteiger partial charge in [0.2, 0.25) is 0 Å². The number of anilines is 1. The monoisotopic (exact) mass is 351 g/mol. The van der Waals surface area contributed by atoms with Gasteiger partial charge in [-0.25, -0.2) is 0 Å². The van der Waals surface area contributed by atoms with Crippen LogP contribution in [0.3, 0.4) is 0 Å². The van der Waals surface area contributed by atoms with Gasteiger partial charge in [0.25, 0.3) is 5.91 Å². The highest BCUT2D eigenvalue weighted by Crippen LogP contribution is 2.31. The number of rotatable bonds is 1. The van der Waals surface area contributed by atoms with Gasteiger partial charge < -0.3 is 15.5 Å². The summed E-state index contributed by atoms with van der Waals surface area (Å²) in [5.41, 5.74) is 7.15. The molecule has 2 heterocycles. The number of amides is 1. The minimum absolute atomic E-state index is 0.0699. The van der Waals surface area contributed by atoms with Crippen molar-refractivity contribution < 1.29 is 4.79 Å². The minimum Gasteiger partial charge on any atom is -0.398 e. The van der Waals surface area contributed by atoms with Crippen molar-refractivity contribution in [2.45, 2.75) is 25.3 Å². The van der Waals surface area contributed by atoms with Crippen LogP contribution in [0.4, 0.5) is 5.69 Å². The van der Waals surface area contributed by atoms with E-state index in [1.165, 1.54) is 19.4 Å². The number of fused-ring (bicyclic) bond motifs is 1. The molecule has 1 aromatic rings. The SMILES string of the molecule is CN1CCCC2CN(C(=O)c3cc(Br)ccc3N)CCC21. The fraction of sp³-hybridized carbons (Fsp3) is 0.562. The number of carbonyl (C=O) groups is 1. The number of nitrogens with two attached hydrogens (primary N) is 1. The summed E-state index contributed by atoms with van der Waals surface area (Å²) in [4.78, 5) is 17.2. The Labute approximate surface area is 134 Å². The van der Waals surface area contributed by atoms with Gasteiger partial charge in [-0.1, -0.05) is 15.9 Å². The van der Waals surface area contributed by atoms with Gasteiger partial charge in [0, 0.05) is 29.3 Å². The topological polar surface area (TPSA) is 49.6 Å². The van der Waals surface area contributed by atoms with E-state index in [0.717, 1.165) is 24.0 Å². The van der Waals surface area contributed by atoms with Gasteiger partial charge in [-0.15, -0.1) is 0 Å². The second-order valence-electron chi connectivity index (χ2n) is 6.22. The second-order valence-corrected chi connectivity index (χ2v) is 7.14. The molecule has 5 heteroatoms. The fourth-order valence-corrected chi connectivity index (χ4v) is 4.08. The van der Waals surface area contributed by atoms with Crippen molar-refractivity contribution in [2.24, 2.45) is 5.92 Å². The van der Waals surface area contributed by atoms with Crippen LogP contribution in [-0.2, 0) is 0 Å². The third-order valence-corrected chi connectivity index (χ3v) is 5.37. The highest BCUT2D eigenvalue weighted by molar-refractivity contribution is 9.10. The summed E-state index contributed by atoms with van der Waals surface area (Å²) in [6, 6.07) is 6.13. The molecule has 2 saturated heterocycles. The molecule has 21 heavy (non-hydrogen) atoms. The highest BCUT2D eigenvalue weighted by Gasteiger charge is 2.36. The van der Waals surface area contributed by atoms with Crippen molar-refractivity contribution in [3.63, 3.8) is 0 Å². The maximum absolute atomic E-state index is 12.7. The number of likely N-dealkylation sites (tertiary alicyclic amines) is 2. The van der Waals surface area contributed by atoms with E-state index in [9.17, 15) is 4.79 Å². The molecule has 4 nitrogen and oxygen atoms in total. The lowest BCUT2D eigenvalue weighted by Crippen LogP contribution is -2.53. The van der Waals surface area contributed by atoms with E-state index in [1.807, 2.05) is 17.0 Å². The van der Waals surface area contributed by atoms with Crippen LogP contribution in [0.25, 0.3) is 0 Å². The molecule has 0 radical (unpaired) electrons. The van der Waals surface area contributed by atoms with Crippen LogP contribution in [-0.4, -0.2) is 48.4 Å². The lowest BCUT2D eigenvalue weighted by molar-refractivity contribution is 0.0317. The van der Waals surface area contributed by atoms with Gasteiger partial charge in [-0.2, -0.15) is 0 Å². The van der Waals surface area contributed by atoms with Crippen molar-refractivity contribution in [3.8, 4) is 0 Å². The van der Waals surface area contributed by atoms with Gasteiger partial charge in [-0.05, 0) is 57.0 Å². The van der Waals surface area contributed by atoms with E-state index in [-0.39, 0.29) is 5.91 Å². The van der Waals surface area contributed by atoms with Crippen LogP contribution in [0.5, 0.6) is 0 Å². The van der Waals surface area contributed by atoms with Crippen LogP contribution >= 0.6 is 15.9 Å². The van der Waals surface area contributed by atoms with Crippen LogP contribution in [0.15, 0.2) is 22.7 Å². The van der Waals surface area contributed by atoms with Crippen molar-refractivity contribution in [3.05, 3.63) is 28.2 Å². The normalized spacial score (nSPS) is 26.5. The molecule has 3 rings (SSSR count). The van der Waals surface area contributed by atoms with Gasteiger partial charge in [0.15, 0.2) is 0 Å². The number of halogens is 1. The lowest BCUT2D eigenvalue weighted by Gasteiger charge is -2.46. The van der Waals surface area contributed by atoms with E-state index in [4.69, 9.17) is 5.73 Å². The molecule has 114 valence electrons. The molecule has 2 fully saturated rings. The molecule has 1 aromatic carbocycles. The molecule has 2 aliphatic rings. The number of nitrogen functional groups attached to an aromatic ring is 1. The molecule has 0 aromatic heterocycles. The van der Waals surface area contributed by atoms with Crippen molar-refractivity contribution >= 4 is 27.5 Å². The molecule has 0 bridgehead atoms. The smallest absolute Gasteiger partial charge is 0.255 e. The van der Waals surface area contributed by atoms with E-state index >= 15 is 0 Å². The molecule has 1 amide bonds. The van der Waals surface area contributed by atoms with Crippen molar-refractivity contribution in [1.82, 2.24) is 9.80 Å². The van der Waals surface area contributed by atoms with Gasteiger partial charge in [0.05, 0.1) is 5.56 Å². The van der Waals surface area contributed by atoms with Gasteiger partial charge in [-0.3, -0.25) is 4.79 Å². The first-order valence-corrected chi connectivity index (χ1v) is 8.40. The van der Waals surface area contributed by atoms with Crippen molar-refractivity contribution in [1.29, 1.82) is 0 Å². The van der Waals surface area contributed by atoms with Crippen LogP contribution in [0, 0.1) is 5.92 Å². The standard InChI is InChI=1S/C16H22BrN3O/c1-19-7-2-3-11-10-20(8-6-15(11)19)16(21)13-9-12(17)4-5-14(13)18/h4-5,9,11,15H,2-3,6-8,10,18H2,1H3. The zero-order valence-corrected chi connectivity index (χ0v) is 14.0. The molecule has 2 unspecified atom stereocenters. The zero-order valence-electron chi connectivity index (χ0n) is 12.4. The Hall–Kier alpha value is -1.07. The van der Waals surface area contributed by atoms with Crippen LogP contribution in [0.1, 0.15) is 29.6 Å². The van der Waals surface area contributed by atoms with E-state index < -0.39 is 0 Å². The van der Waals surface area contributed by atoms with Crippen molar-refractivity contribution in [2.75, 3.05) is 32.4 Å². The van der Waals surface area contributed by atoms with E-state index in [1.54, 1.807) is 6.07 Å². The summed E-state index contributed by atoms with van der Waals surface area (Å²) in [5.74, 6) is 0.676. The largest absolute Gasteiger partial charge is 0.398 e. The number of piperidine rings is 2. The third kappa shape index (κ3) is 2.94. The summed E-state index contributed by atoms with van der Waals surface area (Å²) >= 11 is 3.42. The van der Waals surface area contributed by atoms with Crippen LogP contribution < -0.4 is 5.73 Å². The summed E-state index contributed by atoms with van der Waals surface area (Å²) in [6.45, 7) is 2.88. The summed E-state index contributed by atoms with van der Waals surface area (Å²) in [7, 11) is 2.21. The summed E-state index contributed by atoms with van der Waals surface area (Å²) in [5, 5.41) is 0. The molecule has 0 saturated carbocycles. The number of carbonyl (C=O) groups excluding carboxylic acids is 1. The average Bonchev–Trinajstić information content (AvgIpc) is 2.49. The maximum atomic E-state index is 12.7. The molecule has 2 N–H and O–H groups in total. The number of benzene rings is 1. The fourth-order valence-electron chi connectivity index (χ4n) is 3.72. The van der Waals surface area contributed by atoms with Gasteiger partial charge in [0.1, 0.15) is 0 Å². The van der Waals surface area contributed by atoms with Crippen LogP contribution in [0.2, 0.25) is 0 Å². The predicted molar refractivity (Wildman–Crippen MR) is 88.2 cm³/mol. The highest BCUT2D eigenvalue weighted by atomic mass is 79.9. The molecule has 0 aliphatic carbocycles. The van der Waals surface area contributed by atoms with Gasteiger partial charge >= 0.3 is 0 Å². The Morgan fingerprint density at radius 1 is 1.33 bits per heavy atom. The Kier molecular flexibility index (Phi) is 4.22. The van der Waals surface area contributed by atoms with E-state index in [0.29, 0.717) is 23.2 Å². The quantitative estimate of drug-likeness (QED) is 0.791. The Balaban J connectivity index is 1.76. The maximum Gasteiger partial charge on any atom is 0.255 e. The number of hydrogen-bond acceptors (Lipinski definition) is 3. The molecule has 2 atom stereocenters. The first kappa shape index (κ1) is 14.9. The lowest BCUT2D eigenvalue weighted by atomic mass is 9.84. The molecular formula is C16H22BrN3O. The summed E-state index contributed by atoms with van der Waals surface area (Å²) in [6.07, 6.45) is 3.53. The Morgan fingerprint density at radius 2 is 2.14 bits per heavy atom. The average molecular weight is 352 g/mol. The van der Waals surface area contributed by atoms with E-state index in [2.05, 4.69) is 27.9 Å². The number of nitrogens with zero attached hydrogens (tertiary/aromatic N) is 2. The summed E-state index contributed by atoms with van der Waals surface area (Å²) < 4.78 is 0.896. The Bertz CT molecular complexity index is 548.